The highest BCUT2D eigenvalue weighted by Gasteiger charge is 2.22. The Morgan fingerprint density at radius 3 is 2.45 bits per heavy atom. The molecular formula is C17H27BrN2. The summed E-state index contributed by atoms with van der Waals surface area (Å²) in [5.41, 5.74) is 1.39. The summed E-state index contributed by atoms with van der Waals surface area (Å²) in [6.07, 6.45) is 6.82. The predicted molar refractivity (Wildman–Crippen MR) is 90.1 cm³/mol. The first-order valence-electron chi connectivity index (χ1n) is 7.91. The zero-order valence-electron chi connectivity index (χ0n) is 12.7. The molecule has 0 bridgehead atoms. The van der Waals surface area contributed by atoms with Crippen LogP contribution in [-0.4, -0.2) is 31.1 Å². The molecule has 0 heterocycles. The lowest BCUT2D eigenvalue weighted by Gasteiger charge is -2.29. The molecule has 0 amide bonds. The van der Waals surface area contributed by atoms with Gasteiger partial charge >= 0.3 is 0 Å². The molecule has 1 unspecified atom stereocenters. The Hall–Kier alpha value is -0.380. The van der Waals surface area contributed by atoms with Gasteiger partial charge in [-0.05, 0) is 50.6 Å². The molecule has 1 aliphatic carbocycles. The minimum atomic E-state index is 0.457. The van der Waals surface area contributed by atoms with Gasteiger partial charge in [0.15, 0.2) is 0 Å². The Morgan fingerprint density at radius 2 is 1.90 bits per heavy atom. The molecule has 0 spiro atoms. The Labute approximate surface area is 132 Å². The summed E-state index contributed by atoms with van der Waals surface area (Å²) in [5.74, 6) is 0. The van der Waals surface area contributed by atoms with Crippen molar-refractivity contribution in [3.05, 3.63) is 34.3 Å². The molecule has 1 aromatic rings. The van der Waals surface area contributed by atoms with Crippen LogP contribution >= 0.6 is 15.9 Å². The fourth-order valence-corrected chi connectivity index (χ4v) is 3.60. The monoisotopic (exact) mass is 338 g/mol. The highest BCUT2D eigenvalue weighted by atomic mass is 79.9. The standard InChI is InChI=1S/C17H27BrN2/c1-3-20(16-6-4-5-7-16)13-12-17(19-2)14-8-10-15(18)11-9-14/h8-11,16-17,19H,3-7,12-13H2,1-2H3. The van der Waals surface area contributed by atoms with Gasteiger partial charge < -0.3 is 10.2 Å². The summed E-state index contributed by atoms with van der Waals surface area (Å²) in [6, 6.07) is 10.00. The molecule has 1 atom stereocenters. The van der Waals surface area contributed by atoms with Gasteiger partial charge in [-0.25, -0.2) is 0 Å². The molecule has 2 nitrogen and oxygen atoms in total. The van der Waals surface area contributed by atoms with Crippen LogP contribution < -0.4 is 5.32 Å². The summed E-state index contributed by atoms with van der Waals surface area (Å²) < 4.78 is 1.15. The fourth-order valence-electron chi connectivity index (χ4n) is 3.34. The number of rotatable bonds is 7. The molecule has 112 valence electrons. The van der Waals surface area contributed by atoms with E-state index in [0.29, 0.717) is 6.04 Å². The maximum atomic E-state index is 3.51. The molecular weight excluding hydrogens is 312 g/mol. The highest BCUT2D eigenvalue weighted by Crippen LogP contribution is 2.25. The lowest BCUT2D eigenvalue weighted by atomic mass is 10.0. The molecule has 0 saturated heterocycles. The SMILES string of the molecule is CCN(CCC(NC)c1ccc(Br)cc1)C1CCCC1. The van der Waals surface area contributed by atoms with E-state index in [0.717, 1.165) is 10.5 Å². The largest absolute Gasteiger partial charge is 0.313 e. The Balaban J connectivity index is 1.90. The fraction of sp³-hybridized carbons (Fsp3) is 0.647. The summed E-state index contributed by atoms with van der Waals surface area (Å²) in [6.45, 7) is 4.68. The smallest absolute Gasteiger partial charge is 0.0329 e. The molecule has 3 heteroatoms. The van der Waals surface area contributed by atoms with Gasteiger partial charge in [0.25, 0.3) is 0 Å². The van der Waals surface area contributed by atoms with E-state index < -0.39 is 0 Å². The second-order valence-corrected chi connectivity index (χ2v) is 6.66. The summed E-state index contributed by atoms with van der Waals surface area (Å²) in [4.78, 5) is 2.68. The van der Waals surface area contributed by atoms with E-state index in [1.165, 1.54) is 50.8 Å². The van der Waals surface area contributed by atoms with Crippen molar-refractivity contribution in [1.82, 2.24) is 10.2 Å². The number of benzene rings is 1. The number of hydrogen-bond acceptors (Lipinski definition) is 2. The van der Waals surface area contributed by atoms with Crippen LogP contribution in [0.4, 0.5) is 0 Å². The van der Waals surface area contributed by atoms with Crippen LogP contribution in [0.1, 0.15) is 50.6 Å². The van der Waals surface area contributed by atoms with Gasteiger partial charge in [-0.3, -0.25) is 0 Å². The van der Waals surface area contributed by atoms with Crippen LogP contribution in [0.2, 0.25) is 0 Å². The lowest BCUT2D eigenvalue weighted by molar-refractivity contribution is 0.199. The van der Waals surface area contributed by atoms with E-state index in [1.807, 2.05) is 0 Å². The van der Waals surface area contributed by atoms with E-state index in [-0.39, 0.29) is 0 Å². The van der Waals surface area contributed by atoms with E-state index in [9.17, 15) is 0 Å². The van der Waals surface area contributed by atoms with E-state index in [1.54, 1.807) is 0 Å². The van der Waals surface area contributed by atoms with Crippen molar-refractivity contribution in [1.29, 1.82) is 0 Å². The second kappa shape index (κ2) is 8.16. The van der Waals surface area contributed by atoms with Gasteiger partial charge in [0.2, 0.25) is 0 Å². The quantitative estimate of drug-likeness (QED) is 0.794. The van der Waals surface area contributed by atoms with Crippen molar-refractivity contribution >= 4 is 15.9 Å². The third kappa shape index (κ3) is 4.31. The zero-order chi connectivity index (χ0) is 14.4. The highest BCUT2D eigenvalue weighted by molar-refractivity contribution is 9.10. The van der Waals surface area contributed by atoms with Crippen molar-refractivity contribution < 1.29 is 0 Å². The van der Waals surface area contributed by atoms with Crippen molar-refractivity contribution in [2.75, 3.05) is 20.1 Å². The van der Waals surface area contributed by atoms with Crippen LogP contribution in [-0.2, 0) is 0 Å². The van der Waals surface area contributed by atoms with Crippen molar-refractivity contribution in [2.24, 2.45) is 0 Å². The number of halogens is 1. The van der Waals surface area contributed by atoms with Gasteiger partial charge in [0.1, 0.15) is 0 Å². The van der Waals surface area contributed by atoms with Gasteiger partial charge in [-0.1, -0.05) is 47.8 Å². The Bertz CT molecular complexity index is 384. The van der Waals surface area contributed by atoms with Gasteiger partial charge in [-0.2, -0.15) is 0 Å². The molecule has 20 heavy (non-hydrogen) atoms. The van der Waals surface area contributed by atoms with Gasteiger partial charge in [0.05, 0.1) is 0 Å². The van der Waals surface area contributed by atoms with Crippen LogP contribution in [0.3, 0.4) is 0 Å². The molecule has 1 saturated carbocycles. The molecule has 0 aliphatic heterocycles. The lowest BCUT2D eigenvalue weighted by Crippen LogP contribution is -2.35. The van der Waals surface area contributed by atoms with Crippen molar-refractivity contribution in [2.45, 2.75) is 51.1 Å². The minimum Gasteiger partial charge on any atom is -0.313 e. The predicted octanol–water partition coefficient (Wildman–Crippen LogP) is 4.36. The minimum absolute atomic E-state index is 0.457. The first-order chi connectivity index (χ1) is 9.74. The molecule has 1 fully saturated rings. The van der Waals surface area contributed by atoms with Gasteiger partial charge in [-0.15, -0.1) is 0 Å². The van der Waals surface area contributed by atoms with Crippen molar-refractivity contribution in [3.63, 3.8) is 0 Å². The van der Waals surface area contributed by atoms with Crippen LogP contribution in [0.15, 0.2) is 28.7 Å². The normalized spacial score (nSPS) is 17.8. The molecule has 0 aromatic heterocycles. The first kappa shape index (κ1) is 16.0. The van der Waals surface area contributed by atoms with Crippen LogP contribution in [0.25, 0.3) is 0 Å². The molecule has 1 aliphatic rings. The third-order valence-corrected chi connectivity index (χ3v) is 5.10. The van der Waals surface area contributed by atoms with Gasteiger partial charge in [0, 0.05) is 23.1 Å². The molecule has 0 radical (unpaired) electrons. The molecule has 2 rings (SSSR count). The molecule has 1 N–H and O–H groups in total. The number of hydrogen-bond donors (Lipinski definition) is 1. The summed E-state index contributed by atoms with van der Waals surface area (Å²) in [5, 5.41) is 3.47. The van der Waals surface area contributed by atoms with Crippen LogP contribution in [0.5, 0.6) is 0 Å². The average molecular weight is 339 g/mol. The van der Waals surface area contributed by atoms with Crippen LogP contribution in [0, 0.1) is 0 Å². The second-order valence-electron chi connectivity index (χ2n) is 5.75. The maximum absolute atomic E-state index is 3.51. The topological polar surface area (TPSA) is 15.3 Å². The average Bonchev–Trinajstić information content (AvgIpc) is 2.99. The first-order valence-corrected chi connectivity index (χ1v) is 8.70. The number of nitrogens with one attached hydrogen (secondary N) is 1. The third-order valence-electron chi connectivity index (χ3n) is 4.57. The maximum Gasteiger partial charge on any atom is 0.0329 e. The van der Waals surface area contributed by atoms with E-state index in [4.69, 9.17) is 0 Å². The number of nitrogens with zero attached hydrogens (tertiary/aromatic N) is 1. The van der Waals surface area contributed by atoms with Crippen molar-refractivity contribution in [3.8, 4) is 0 Å². The zero-order valence-corrected chi connectivity index (χ0v) is 14.3. The van der Waals surface area contributed by atoms with E-state index >= 15 is 0 Å². The van der Waals surface area contributed by atoms with E-state index in [2.05, 4.69) is 64.4 Å². The molecule has 1 aromatic carbocycles. The summed E-state index contributed by atoms with van der Waals surface area (Å²) in [7, 11) is 2.07. The summed E-state index contributed by atoms with van der Waals surface area (Å²) >= 11 is 3.51. The Morgan fingerprint density at radius 1 is 1.25 bits per heavy atom. The Kier molecular flexibility index (Phi) is 6.53.